The Morgan fingerprint density at radius 2 is 1.57 bits per heavy atom. The molecule has 0 atom stereocenters. The monoisotopic (exact) mass is 306 g/mol. The van der Waals surface area contributed by atoms with E-state index in [1.165, 1.54) is 22.0 Å². The van der Waals surface area contributed by atoms with Gasteiger partial charge in [-0.3, -0.25) is 14.8 Å². The lowest BCUT2D eigenvalue weighted by molar-refractivity contribution is 0.122. The van der Waals surface area contributed by atoms with Crippen molar-refractivity contribution in [2.45, 2.75) is 13.1 Å². The second-order valence-corrected chi connectivity index (χ2v) is 6.27. The lowest BCUT2D eigenvalue weighted by atomic mass is 10.1. The molecule has 1 aliphatic heterocycles. The molecule has 118 valence electrons. The molecular formula is C19H22N4. The first-order chi connectivity index (χ1) is 11.4. The molecule has 1 N–H and O–H groups in total. The van der Waals surface area contributed by atoms with E-state index >= 15 is 0 Å². The number of hydrogen-bond acceptors (Lipinski definition) is 3. The van der Waals surface area contributed by atoms with E-state index in [0.717, 1.165) is 39.3 Å². The first kappa shape index (κ1) is 14.4. The van der Waals surface area contributed by atoms with E-state index in [1.54, 1.807) is 0 Å². The molecule has 1 aromatic carbocycles. The molecular weight excluding hydrogens is 284 g/mol. The number of H-pyrrole nitrogens is 1. The number of hydrogen-bond donors (Lipinski definition) is 1. The molecule has 0 unspecified atom stereocenters. The molecule has 0 amide bonds. The Morgan fingerprint density at radius 1 is 0.870 bits per heavy atom. The van der Waals surface area contributed by atoms with Crippen LogP contribution in [0, 0.1) is 0 Å². The summed E-state index contributed by atoms with van der Waals surface area (Å²) in [7, 11) is 0. The van der Waals surface area contributed by atoms with Gasteiger partial charge in [-0.25, -0.2) is 0 Å². The second-order valence-electron chi connectivity index (χ2n) is 6.27. The number of aromatic nitrogens is 2. The first-order valence-electron chi connectivity index (χ1n) is 8.27. The lowest BCUT2D eigenvalue weighted by Gasteiger charge is -2.34. The van der Waals surface area contributed by atoms with Crippen LogP contribution in [-0.4, -0.2) is 45.9 Å². The molecule has 4 heteroatoms. The van der Waals surface area contributed by atoms with E-state index in [2.05, 4.69) is 62.4 Å². The second kappa shape index (κ2) is 6.52. The van der Waals surface area contributed by atoms with Crippen LogP contribution in [0.25, 0.3) is 10.9 Å². The van der Waals surface area contributed by atoms with Gasteiger partial charge >= 0.3 is 0 Å². The quantitative estimate of drug-likeness (QED) is 0.805. The van der Waals surface area contributed by atoms with Crippen molar-refractivity contribution in [2.24, 2.45) is 0 Å². The normalized spacial score (nSPS) is 16.9. The Hall–Kier alpha value is -2.17. The molecule has 0 aliphatic carbocycles. The van der Waals surface area contributed by atoms with E-state index in [1.807, 2.05) is 12.4 Å². The maximum absolute atomic E-state index is 4.09. The van der Waals surface area contributed by atoms with E-state index in [0.29, 0.717) is 0 Å². The Labute approximate surface area is 136 Å². The molecule has 4 nitrogen and oxygen atoms in total. The number of nitrogens with one attached hydrogen (secondary N) is 1. The maximum Gasteiger partial charge on any atom is 0.0457 e. The van der Waals surface area contributed by atoms with Crippen LogP contribution in [0.15, 0.2) is 55.0 Å². The highest BCUT2D eigenvalue weighted by molar-refractivity contribution is 5.82. The molecule has 4 rings (SSSR count). The van der Waals surface area contributed by atoms with Gasteiger partial charge in [0.25, 0.3) is 0 Å². The molecule has 3 heterocycles. The van der Waals surface area contributed by atoms with E-state index < -0.39 is 0 Å². The Balaban J connectivity index is 1.35. The summed E-state index contributed by atoms with van der Waals surface area (Å²) in [5, 5.41) is 1.35. The van der Waals surface area contributed by atoms with Crippen molar-refractivity contribution >= 4 is 10.9 Å². The summed E-state index contributed by atoms with van der Waals surface area (Å²) in [5.74, 6) is 0. The zero-order valence-corrected chi connectivity index (χ0v) is 13.3. The number of aromatic amines is 1. The van der Waals surface area contributed by atoms with Gasteiger partial charge in [0.15, 0.2) is 0 Å². The number of para-hydroxylation sites is 1. The highest BCUT2D eigenvalue weighted by Crippen LogP contribution is 2.20. The first-order valence-corrected chi connectivity index (χ1v) is 8.27. The maximum atomic E-state index is 4.09. The van der Waals surface area contributed by atoms with Crippen molar-refractivity contribution in [1.29, 1.82) is 0 Å². The summed E-state index contributed by atoms with van der Waals surface area (Å²) >= 11 is 0. The smallest absolute Gasteiger partial charge is 0.0457 e. The van der Waals surface area contributed by atoms with Gasteiger partial charge in [-0.2, -0.15) is 0 Å². The van der Waals surface area contributed by atoms with Gasteiger partial charge in [0.05, 0.1) is 0 Å². The predicted molar refractivity (Wildman–Crippen MR) is 93.1 cm³/mol. The third-order valence-electron chi connectivity index (χ3n) is 4.69. The molecule has 1 fully saturated rings. The number of benzene rings is 1. The molecule has 23 heavy (non-hydrogen) atoms. The minimum Gasteiger partial charge on any atom is -0.361 e. The van der Waals surface area contributed by atoms with E-state index in [-0.39, 0.29) is 0 Å². The summed E-state index contributed by atoms with van der Waals surface area (Å²) in [6, 6.07) is 12.8. The van der Waals surface area contributed by atoms with Crippen LogP contribution in [-0.2, 0) is 13.1 Å². The Kier molecular flexibility index (Phi) is 4.09. The molecule has 0 radical (unpaired) electrons. The zero-order valence-electron chi connectivity index (χ0n) is 13.3. The highest BCUT2D eigenvalue weighted by atomic mass is 15.3. The van der Waals surface area contributed by atoms with Crippen LogP contribution in [0.4, 0.5) is 0 Å². The van der Waals surface area contributed by atoms with Gasteiger partial charge in [-0.05, 0) is 29.3 Å². The Bertz CT molecular complexity index is 757. The fourth-order valence-corrected chi connectivity index (χ4v) is 3.36. The van der Waals surface area contributed by atoms with Crippen LogP contribution in [0.2, 0.25) is 0 Å². The number of pyridine rings is 1. The SMILES string of the molecule is c1ccc2c(CN3CCN(Cc4ccncc4)CC3)c[nH]c2c1. The fraction of sp³-hybridized carbons (Fsp3) is 0.316. The van der Waals surface area contributed by atoms with Gasteiger partial charge < -0.3 is 4.98 Å². The lowest BCUT2D eigenvalue weighted by Crippen LogP contribution is -2.45. The molecule has 1 saturated heterocycles. The van der Waals surface area contributed by atoms with Crippen LogP contribution in [0.1, 0.15) is 11.1 Å². The van der Waals surface area contributed by atoms with Gasteiger partial charge in [0.1, 0.15) is 0 Å². The number of rotatable bonds is 4. The largest absolute Gasteiger partial charge is 0.361 e. The zero-order chi connectivity index (χ0) is 15.5. The van der Waals surface area contributed by atoms with Crippen molar-refractivity contribution in [2.75, 3.05) is 26.2 Å². The fourth-order valence-electron chi connectivity index (χ4n) is 3.36. The summed E-state index contributed by atoms with van der Waals surface area (Å²) in [4.78, 5) is 12.5. The summed E-state index contributed by atoms with van der Waals surface area (Å²) in [6.45, 7) is 6.58. The summed E-state index contributed by atoms with van der Waals surface area (Å²) < 4.78 is 0. The molecule has 1 aliphatic rings. The van der Waals surface area contributed by atoms with E-state index in [4.69, 9.17) is 0 Å². The number of nitrogens with zero attached hydrogens (tertiary/aromatic N) is 3. The van der Waals surface area contributed by atoms with Crippen molar-refractivity contribution in [3.63, 3.8) is 0 Å². The minimum absolute atomic E-state index is 1.03. The number of fused-ring (bicyclic) bond motifs is 1. The van der Waals surface area contributed by atoms with Gasteiger partial charge in [-0.15, -0.1) is 0 Å². The van der Waals surface area contributed by atoms with Crippen LogP contribution >= 0.6 is 0 Å². The van der Waals surface area contributed by atoms with Crippen molar-refractivity contribution < 1.29 is 0 Å². The molecule has 2 aromatic heterocycles. The Morgan fingerprint density at radius 3 is 2.35 bits per heavy atom. The minimum atomic E-state index is 1.03. The van der Waals surface area contributed by atoms with Crippen molar-refractivity contribution in [1.82, 2.24) is 19.8 Å². The molecule has 0 bridgehead atoms. The van der Waals surface area contributed by atoms with Crippen LogP contribution in [0.5, 0.6) is 0 Å². The van der Waals surface area contributed by atoms with Crippen LogP contribution < -0.4 is 0 Å². The van der Waals surface area contributed by atoms with Gasteiger partial charge in [-0.1, -0.05) is 18.2 Å². The molecule has 0 spiro atoms. The van der Waals surface area contributed by atoms with Gasteiger partial charge in [0, 0.05) is 68.8 Å². The average molecular weight is 306 g/mol. The van der Waals surface area contributed by atoms with Gasteiger partial charge in [0.2, 0.25) is 0 Å². The highest BCUT2D eigenvalue weighted by Gasteiger charge is 2.18. The van der Waals surface area contributed by atoms with Crippen molar-refractivity contribution in [3.05, 3.63) is 66.1 Å². The molecule has 3 aromatic rings. The van der Waals surface area contributed by atoms with Crippen LogP contribution in [0.3, 0.4) is 0 Å². The standard InChI is InChI=1S/C19H22N4/c1-2-4-19-18(3-1)17(13-21-19)15-23-11-9-22(10-12-23)14-16-5-7-20-8-6-16/h1-8,13,21H,9-12,14-15H2. The topological polar surface area (TPSA) is 35.2 Å². The summed E-state index contributed by atoms with van der Waals surface area (Å²) in [5.41, 5.74) is 3.99. The van der Waals surface area contributed by atoms with Crippen molar-refractivity contribution in [3.8, 4) is 0 Å². The average Bonchev–Trinajstić information content (AvgIpc) is 3.01. The third-order valence-corrected chi connectivity index (χ3v) is 4.69. The molecule has 0 saturated carbocycles. The summed E-state index contributed by atoms with van der Waals surface area (Å²) in [6.07, 6.45) is 5.92. The predicted octanol–water partition coefficient (Wildman–Crippen LogP) is 2.88. The van der Waals surface area contributed by atoms with E-state index in [9.17, 15) is 0 Å². The number of piperazine rings is 1. The third kappa shape index (κ3) is 3.28.